The number of rotatable bonds is 5. The highest BCUT2D eigenvalue weighted by Crippen LogP contribution is 2.28. The summed E-state index contributed by atoms with van der Waals surface area (Å²) in [5.74, 6) is 0.235. The summed E-state index contributed by atoms with van der Waals surface area (Å²) in [4.78, 5) is 23.0. The molecule has 2 aromatic carbocycles. The molecule has 0 aliphatic heterocycles. The number of carbonyl (C=O) groups is 2. The molecule has 0 heterocycles. The van der Waals surface area contributed by atoms with Gasteiger partial charge in [-0.25, -0.2) is 0 Å². The molecule has 6 heteroatoms. The van der Waals surface area contributed by atoms with Gasteiger partial charge in [0.2, 0.25) is 5.91 Å². The van der Waals surface area contributed by atoms with Gasteiger partial charge in [0.1, 0.15) is 5.75 Å². The number of carbonyl (C=O) groups excluding carboxylic acids is 2. The number of ether oxygens (including phenoxy) is 1. The van der Waals surface area contributed by atoms with Gasteiger partial charge >= 0.3 is 0 Å². The van der Waals surface area contributed by atoms with Gasteiger partial charge in [-0.05, 0) is 58.4 Å². The van der Waals surface area contributed by atoms with Gasteiger partial charge in [-0.2, -0.15) is 0 Å². The van der Waals surface area contributed by atoms with Gasteiger partial charge in [0.15, 0.2) is 12.4 Å². The molecule has 0 bridgehead atoms. The lowest BCUT2D eigenvalue weighted by atomic mass is 10.1. The average Bonchev–Trinajstić information content (AvgIpc) is 2.46. The Kier molecular flexibility index (Phi) is 5.57. The van der Waals surface area contributed by atoms with Crippen molar-refractivity contribution in [1.82, 2.24) is 0 Å². The third-order valence-electron chi connectivity index (χ3n) is 2.78. The first-order valence-corrected chi connectivity index (χ1v) is 7.61. The highest BCUT2D eigenvalue weighted by atomic mass is 79.9. The normalized spacial score (nSPS) is 10.1. The number of Topliss-reactive ketones (excluding diaryl/α,β-unsaturated/α-hetero) is 1. The summed E-state index contributed by atoms with van der Waals surface area (Å²) in [6.07, 6.45) is 0. The number of nitrogens with one attached hydrogen (secondary N) is 1. The maximum Gasteiger partial charge on any atom is 0.221 e. The molecule has 0 aromatic heterocycles. The summed E-state index contributed by atoms with van der Waals surface area (Å²) in [6, 6.07) is 11.7. The molecule has 1 N–H and O–H groups in total. The van der Waals surface area contributed by atoms with E-state index >= 15 is 0 Å². The molecule has 0 aliphatic carbocycles. The monoisotopic (exact) mass is 381 g/mol. The predicted molar refractivity (Wildman–Crippen MR) is 89.7 cm³/mol. The summed E-state index contributed by atoms with van der Waals surface area (Å²) in [5, 5.41) is 3.22. The van der Waals surface area contributed by atoms with Crippen LogP contribution in [-0.4, -0.2) is 18.3 Å². The van der Waals surface area contributed by atoms with Crippen molar-refractivity contribution in [2.45, 2.75) is 6.92 Å². The standard InChI is InChI=1S/C16H13BrClNO3/c1-10(20)19-13-5-2-11(3-6-13)15(21)9-22-16-7-4-12(18)8-14(16)17/h2-8H,9H2,1H3,(H,19,20). The molecule has 0 unspecified atom stereocenters. The number of benzene rings is 2. The van der Waals surface area contributed by atoms with Crippen molar-refractivity contribution in [2.24, 2.45) is 0 Å². The molecule has 0 atom stereocenters. The maximum atomic E-state index is 12.1. The van der Waals surface area contributed by atoms with Crippen LogP contribution in [0.4, 0.5) is 5.69 Å². The van der Waals surface area contributed by atoms with Crippen LogP contribution in [-0.2, 0) is 4.79 Å². The quantitative estimate of drug-likeness (QED) is 0.783. The van der Waals surface area contributed by atoms with Crippen LogP contribution in [0.3, 0.4) is 0 Å². The Hall–Kier alpha value is -1.85. The number of ketones is 1. The van der Waals surface area contributed by atoms with Gasteiger partial charge in [0, 0.05) is 23.2 Å². The summed E-state index contributed by atoms with van der Waals surface area (Å²) < 4.78 is 6.17. The second kappa shape index (κ2) is 7.42. The Morgan fingerprint density at radius 1 is 1.18 bits per heavy atom. The summed E-state index contributed by atoms with van der Waals surface area (Å²) in [7, 11) is 0. The van der Waals surface area contributed by atoms with E-state index in [1.165, 1.54) is 6.92 Å². The fourth-order valence-corrected chi connectivity index (χ4v) is 2.56. The van der Waals surface area contributed by atoms with Crippen LogP contribution in [0.15, 0.2) is 46.9 Å². The van der Waals surface area contributed by atoms with E-state index in [0.717, 1.165) is 0 Å². The first kappa shape index (κ1) is 16.5. The zero-order valence-electron chi connectivity index (χ0n) is 11.7. The largest absolute Gasteiger partial charge is 0.484 e. The van der Waals surface area contributed by atoms with Crippen molar-refractivity contribution in [3.05, 3.63) is 57.5 Å². The molecule has 0 aliphatic rings. The lowest BCUT2D eigenvalue weighted by Gasteiger charge is -2.08. The first-order chi connectivity index (χ1) is 10.5. The summed E-state index contributed by atoms with van der Waals surface area (Å²) in [6.45, 7) is 1.34. The lowest BCUT2D eigenvalue weighted by molar-refractivity contribution is -0.114. The van der Waals surface area contributed by atoms with Crippen LogP contribution in [0.5, 0.6) is 5.75 Å². The third kappa shape index (κ3) is 4.58. The van der Waals surface area contributed by atoms with Crippen LogP contribution in [0.25, 0.3) is 0 Å². The number of halogens is 2. The van der Waals surface area contributed by atoms with Gasteiger partial charge in [0.05, 0.1) is 4.47 Å². The van der Waals surface area contributed by atoms with Gasteiger partial charge in [-0.3, -0.25) is 9.59 Å². The number of anilines is 1. The topological polar surface area (TPSA) is 55.4 Å². The van der Waals surface area contributed by atoms with E-state index in [-0.39, 0.29) is 18.3 Å². The van der Waals surface area contributed by atoms with Crippen molar-refractivity contribution in [3.63, 3.8) is 0 Å². The minimum atomic E-state index is -0.157. The number of amides is 1. The molecule has 0 saturated heterocycles. The van der Waals surface area contributed by atoms with Gasteiger partial charge in [-0.1, -0.05) is 11.6 Å². The van der Waals surface area contributed by atoms with Crippen LogP contribution < -0.4 is 10.1 Å². The molecule has 4 nitrogen and oxygen atoms in total. The highest BCUT2D eigenvalue weighted by molar-refractivity contribution is 9.10. The summed E-state index contributed by atoms with van der Waals surface area (Å²) >= 11 is 9.17. The Balaban J connectivity index is 1.98. The van der Waals surface area contributed by atoms with E-state index < -0.39 is 0 Å². The molecule has 22 heavy (non-hydrogen) atoms. The molecular weight excluding hydrogens is 370 g/mol. The Bertz CT molecular complexity index is 701. The van der Waals surface area contributed by atoms with E-state index in [1.54, 1.807) is 42.5 Å². The molecule has 0 fully saturated rings. The Labute approximate surface area is 141 Å². The van der Waals surface area contributed by atoms with Crippen molar-refractivity contribution < 1.29 is 14.3 Å². The number of hydrogen-bond acceptors (Lipinski definition) is 3. The molecule has 114 valence electrons. The molecular formula is C16H13BrClNO3. The van der Waals surface area contributed by atoms with E-state index in [4.69, 9.17) is 16.3 Å². The lowest BCUT2D eigenvalue weighted by Crippen LogP contribution is -2.12. The van der Waals surface area contributed by atoms with Crippen molar-refractivity contribution >= 4 is 44.9 Å². The highest BCUT2D eigenvalue weighted by Gasteiger charge is 2.09. The fraction of sp³-hybridized carbons (Fsp3) is 0.125. The second-order valence-electron chi connectivity index (χ2n) is 4.55. The van der Waals surface area contributed by atoms with Crippen LogP contribution >= 0.6 is 27.5 Å². The Morgan fingerprint density at radius 3 is 2.45 bits per heavy atom. The van der Waals surface area contributed by atoms with E-state index in [0.29, 0.717) is 26.5 Å². The van der Waals surface area contributed by atoms with Crippen LogP contribution in [0, 0.1) is 0 Å². The van der Waals surface area contributed by atoms with Crippen molar-refractivity contribution in [3.8, 4) is 5.75 Å². The predicted octanol–water partition coefficient (Wildman–Crippen LogP) is 4.32. The molecule has 2 aromatic rings. The Morgan fingerprint density at radius 2 is 1.86 bits per heavy atom. The smallest absolute Gasteiger partial charge is 0.221 e. The molecule has 0 spiro atoms. The molecule has 2 rings (SSSR count). The average molecular weight is 383 g/mol. The SMILES string of the molecule is CC(=O)Nc1ccc(C(=O)COc2ccc(Cl)cc2Br)cc1. The second-order valence-corrected chi connectivity index (χ2v) is 5.84. The minimum Gasteiger partial charge on any atom is -0.484 e. The van der Waals surface area contributed by atoms with Gasteiger partial charge in [0.25, 0.3) is 0 Å². The van der Waals surface area contributed by atoms with Gasteiger partial charge < -0.3 is 10.1 Å². The van der Waals surface area contributed by atoms with E-state index in [9.17, 15) is 9.59 Å². The fourth-order valence-electron chi connectivity index (χ4n) is 1.76. The van der Waals surface area contributed by atoms with Gasteiger partial charge in [-0.15, -0.1) is 0 Å². The minimum absolute atomic E-state index is 0.0836. The third-order valence-corrected chi connectivity index (χ3v) is 3.63. The van der Waals surface area contributed by atoms with E-state index in [1.807, 2.05) is 0 Å². The van der Waals surface area contributed by atoms with Crippen molar-refractivity contribution in [2.75, 3.05) is 11.9 Å². The van der Waals surface area contributed by atoms with Crippen molar-refractivity contribution in [1.29, 1.82) is 0 Å². The van der Waals surface area contributed by atoms with Crippen LogP contribution in [0.1, 0.15) is 17.3 Å². The summed E-state index contributed by atoms with van der Waals surface area (Å²) in [5.41, 5.74) is 1.16. The molecule has 0 radical (unpaired) electrons. The zero-order chi connectivity index (χ0) is 16.1. The zero-order valence-corrected chi connectivity index (χ0v) is 14.1. The maximum absolute atomic E-state index is 12.1. The molecule has 1 amide bonds. The number of hydrogen-bond donors (Lipinski definition) is 1. The van der Waals surface area contributed by atoms with Crippen LogP contribution in [0.2, 0.25) is 5.02 Å². The first-order valence-electron chi connectivity index (χ1n) is 6.44. The molecule has 0 saturated carbocycles. The van der Waals surface area contributed by atoms with E-state index in [2.05, 4.69) is 21.2 Å².